The molecule has 0 unspecified atom stereocenters. The van der Waals surface area contributed by atoms with E-state index < -0.39 is 0 Å². The van der Waals surface area contributed by atoms with E-state index in [1.165, 1.54) is 5.56 Å². The van der Waals surface area contributed by atoms with Gasteiger partial charge in [-0.05, 0) is 30.7 Å². The van der Waals surface area contributed by atoms with Gasteiger partial charge in [-0.15, -0.1) is 0 Å². The highest BCUT2D eigenvalue weighted by molar-refractivity contribution is 5.98. The van der Waals surface area contributed by atoms with Crippen LogP contribution >= 0.6 is 0 Å². The van der Waals surface area contributed by atoms with Crippen LogP contribution in [0.3, 0.4) is 0 Å². The summed E-state index contributed by atoms with van der Waals surface area (Å²) in [7, 11) is 0. The van der Waals surface area contributed by atoms with Gasteiger partial charge in [0.15, 0.2) is 0 Å². The van der Waals surface area contributed by atoms with E-state index in [1.807, 2.05) is 23.1 Å². The Bertz CT molecular complexity index is 866. The second kappa shape index (κ2) is 5.96. The van der Waals surface area contributed by atoms with Crippen molar-refractivity contribution < 1.29 is 4.79 Å². The fourth-order valence-corrected chi connectivity index (χ4v) is 3.16. The first-order chi connectivity index (χ1) is 11.7. The molecule has 0 saturated carbocycles. The molecule has 0 aliphatic carbocycles. The lowest BCUT2D eigenvalue weighted by atomic mass is 10.1. The van der Waals surface area contributed by atoms with Gasteiger partial charge in [-0.2, -0.15) is 0 Å². The number of nitrogens with one attached hydrogen (secondary N) is 1. The van der Waals surface area contributed by atoms with E-state index in [-0.39, 0.29) is 5.91 Å². The fraction of sp³-hybridized carbons (Fsp3) is 0.278. The number of benzene rings is 1. The standard InChI is InChI=1S/C18H19N5O/c1-13-4-2-5-15-14(13)12-16(21-15)17(24)22-8-10-23(11-9-22)18-19-6-3-7-20-18/h2-7,12,21H,8-11H2,1H3. The van der Waals surface area contributed by atoms with E-state index >= 15 is 0 Å². The number of carbonyl (C=O) groups excluding carboxylic acids is 1. The van der Waals surface area contributed by atoms with Gasteiger partial charge in [0, 0.05) is 49.5 Å². The fourth-order valence-electron chi connectivity index (χ4n) is 3.16. The van der Waals surface area contributed by atoms with E-state index in [0.717, 1.165) is 29.9 Å². The van der Waals surface area contributed by atoms with Crippen molar-refractivity contribution in [2.24, 2.45) is 0 Å². The van der Waals surface area contributed by atoms with Crippen LogP contribution in [0, 0.1) is 6.92 Å². The summed E-state index contributed by atoms with van der Waals surface area (Å²) in [5.74, 6) is 0.782. The summed E-state index contributed by atoms with van der Waals surface area (Å²) in [6.07, 6.45) is 3.49. The number of hydrogen-bond donors (Lipinski definition) is 1. The summed E-state index contributed by atoms with van der Waals surface area (Å²) < 4.78 is 0. The largest absolute Gasteiger partial charge is 0.351 e. The molecule has 1 saturated heterocycles. The highest BCUT2D eigenvalue weighted by Gasteiger charge is 2.24. The molecule has 1 amide bonds. The molecule has 0 spiro atoms. The third-order valence-electron chi connectivity index (χ3n) is 4.51. The van der Waals surface area contributed by atoms with Gasteiger partial charge in [-0.25, -0.2) is 9.97 Å². The van der Waals surface area contributed by atoms with Crippen LogP contribution in [0.1, 0.15) is 16.1 Å². The van der Waals surface area contributed by atoms with Gasteiger partial charge in [-0.3, -0.25) is 4.79 Å². The normalized spacial score (nSPS) is 15.0. The van der Waals surface area contributed by atoms with Gasteiger partial charge in [0.2, 0.25) is 5.95 Å². The van der Waals surface area contributed by atoms with Gasteiger partial charge < -0.3 is 14.8 Å². The van der Waals surface area contributed by atoms with Crippen molar-refractivity contribution >= 4 is 22.8 Å². The van der Waals surface area contributed by atoms with E-state index in [2.05, 4.69) is 32.8 Å². The molecule has 2 aromatic heterocycles. The van der Waals surface area contributed by atoms with Crippen LogP contribution < -0.4 is 4.90 Å². The number of anilines is 1. The third-order valence-corrected chi connectivity index (χ3v) is 4.51. The van der Waals surface area contributed by atoms with Crippen molar-refractivity contribution in [1.82, 2.24) is 19.9 Å². The quantitative estimate of drug-likeness (QED) is 0.786. The van der Waals surface area contributed by atoms with Crippen LogP contribution in [0.2, 0.25) is 0 Å². The number of nitrogens with zero attached hydrogens (tertiary/aromatic N) is 4. The summed E-state index contributed by atoms with van der Waals surface area (Å²) in [6, 6.07) is 9.83. The number of carbonyl (C=O) groups is 1. The summed E-state index contributed by atoms with van der Waals surface area (Å²) in [5, 5.41) is 1.11. The predicted octanol–water partition coefficient (Wildman–Crippen LogP) is 2.23. The Labute approximate surface area is 140 Å². The molecular formula is C18H19N5O. The molecule has 4 rings (SSSR count). The Morgan fingerprint density at radius 1 is 1.08 bits per heavy atom. The first-order valence-corrected chi connectivity index (χ1v) is 8.12. The monoisotopic (exact) mass is 321 g/mol. The lowest BCUT2D eigenvalue weighted by Crippen LogP contribution is -2.49. The minimum atomic E-state index is 0.0548. The Kier molecular flexibility index (Phi) is 3.65. The van der Waals surface area contributed by atoms with Gasteiger partial charge in [-0.1, -0.05) is 12.1 Å². The van der Waals surface area contributed by atoms with Crippen molar-refractivity contribution in [2.45, 2.75) is 6.92 Å². The summed E-state index contributed by atoms with van der Waals surface area (Å²) in [5.41, 5.74) is 2.84. The molecule has 6 nitrogen and oxygen atoms in total. The SMILES string of the molecule is Cc1cccc2[nH]c(C(=O)N3CCN(c4ncccn4)CC3)cc12. The highest BCUT2D eigenvalue weighted by Crippen LogP contribution is 2.21. The van der Waals surface area contributed by atoms with E-state index in [0.29, 0.717) is 18.8 Å². The van der Waals surface area contributed by atoms with E-state index in [9.17, 15) is 4.79 Å². The first-order valence-electron chi connectivity index (χ1n) is 8.12. The first kappa shape index (κ1) is 14.7. The predicted molar refractivity (Wildman–Crippen MR) is 93.2 cm³/mol. The minimum Gasteiger partial charge on any atom is -0.351 e. The molecule has 1 aromatic carbocycles. The zero-order valence-electron chi connectivity index (χ0n) is 13.6. The van der Waals surface area contributed by atoms with Crippen LogP contribution in [0.15, 0.2) is 42.7 Å². The van der Waals surface area contributed by atoms with Crippen LogP contribution in [-0.4, -0.2) is 51.9 Å². The maximum Gasteiger partial charge on any atom is 0.270 e. The van der Waals surface area contributed by atoms with Crippen molar-refractivity contribution in [3.05, 3.63) is 54.0 Å². The molecule has 1 fully saturated rings. The second-order valence-electron chi connectivity index (χ2n) is 6.05. The average Bonchev–Trinajstić information content (AvgIpc) is 3.08. The van der Waals surface area contributed by atoms with E-state index in [1.54, 1.807) is 18.5 Å². The maximum absolute atomic E-state index is 12.8. The van der Waals surface area contributed by atoms with Crippen molar-refractivity contribution in [3.63, 3.8) is 0 Å². The summed E-state index contributed by atoms with van der Waals surface area (Å²) in [6.45, 7) is 4.89. The molecule has 6 heteroatoms. The summed E-state index contributed by atoms with van der Waals surface area (Å²) in [4.78, 5) is 28.6. The lowest BCUT2D eigenvalue weighted by molar-refractivity contribution is 0.0741. The van der Waals surface area contributed by atoms with Gasteiger partial charge in [0.05, 0.1) is 0 Å². The van der Waals surface area contributed by atoms with Gasteiger partial charge in [0.25, 0.3) is 5.91 Å². The zero-order chi connectivity index (χ0) is 16.5. The molecule has 0 radical (unpaired) electrons. The smallest absolute Gasteiger partial charge is 0.270 e. The molecule has 3 aromatic rings. The Hall–Kier alpha value is -2.89. The Morgan fingerprint density at radius 3 is 2.54 bits per heavy atom. The number of piperazine rings is 1. The Balaban J connectivity index is 1.48. The van der Waals surface area contributed by atoms with Crippen LogP contribution in [0.5, 0.6) is 0 Å². The molecular weight excluding hydrogens is 302 g/mol. The van der Waals surface area contributed by atoms with Crippen molar-refractivity contribution in [1.29, 1.82) is 0 Å². The molecule has 1 N–H and O–H groups in total. The number of aromatic nitrogens is 3. The molecule has 1 aliphatic heterocycles. The lowest BCUT2D eigenvalue weighted by Gasteiger charge is -2.34. The topological polar surface area (TPSA) is 65.1 Å². The minimum absolute atomic E-state index is 0.0548. The maximum atomic E-state index is 12.8. The average molecular weight is 321 g/mol. The number of hydrogen-bond acceptors (Lipinski definition) is 4. The van der Waals surface area contributed by atoms with Crippen LogP contribution in [-0.2, 0) is 0 Å². The van der Waals surface area contributed by atoms with Gasteiger partial charge in [0.1, 0.15) is 5.69 Å². The molecule has 24 heavy (non-hydrogen) atoms. The second-order valence-corrected chi connectivity index (χ2v) is 6.05. The molecule has 1 aliphatic rings. The van der Waals surface area contributed by atoms with Crippen LogP contribution in [0.25, 0.3) is 10.9 Å². The summed E-state index contributed by atoms with van der Waals surface area (Å²) >= 11 is 0. The number of fused-ring (bicyclic) bond motifs is 1. The molecule has 0 atom stereocenters. The Morgan fingerprint density at radius 2 is 1.83 bits per heavy atom. The number of amides is 1. The zero-order valence-corrected chi connectivity index (χ0v) is 13.6. The number of aryl methyl sites for hydroxylation is 1. The van der Waals surface area contributed by atoms with Crippen molar-refractivity contribution in [2.75, 3.05) is 31.1 Å². The molecule has 0 bridgehead atoms. The van der Waals surface area contributed by atoms with Gasteiger partial charge >= 0.3 is 0 Å². The number of H-pyrrole nitrogens is 1. The molecule has 122 valence electrons. The van der Waals surface area contributed by atoms with Crippen molar-refractivity contribution in [3.8, 4) is 0 Å². The number of rotatable bonds is 2. The molecule has 3 heterocycles. The van der Waals surface area contributed by atoms with Crippen LogP contribution in [0.4, 0.5) is 5.95 Å². The highest BCUT2D eigenvalue weighted by atomic mass is 16.2. The third kappa shape index (κ3) is 2.60. The number of aromatic amines is 1. The van der Waals surface area contributed by atoms with E-state index in [4.69, 9.17) is 0 Å².